The van der Waals surface area contributed by atoms with Gasteiger partial charge in [-0.15, -0.1) is 0 Å². The van der Waals surface area contributed by atoms with Gasteiger partial charge in [0.15, 0.2) is 11.5 Å². The van der Waals surface area contributed by atoms with E-state index in [1.165, 1.54) is 0 Å². The monoisotopic (exact) mass is 253 g/mol. The van der Waals surface area contributed by atoms with E-state index in [9.17, 15) is 4.39 Å². The van der Waals surface area contributed by atoms with Crippen LogP contribution in [0, 0.1) is 0 Å². The van der Waals surface area contributed by atoms with Gasteiger partial charge in [-0.05, 0) is 50.2 Å². The minimum absolute atomic E-state index is 0.628. The molecule has 1 aliphatic heterocycles. The van der Waals surface area contributed by atoms with Crippen LogP contribution in [-0.2, 0) is 6.42 Å². The zero-order valence-electron chi connectivity index (χ0n) is 11.0. The molecule has 100 valence electrons. The first-order chi connectivity index (χ1) is 8.72. The number of nitrogens with one attached hydrogen (secondary N) is 1. The Bertz CT molecular complexity index is 407. The lowest BCUT2D eigenvalue weighted by Gasteiger charge is -2.15. The summed E-state index contributed by atoms with van der Waals surface area (Å²) in [7, 11) is 1.89. The van der Waals surface area contributed by atoms with Crippen LogP contribution in [0.2, 0.25) is 0 Å². The lowest BCUT2D eigenvalue weighted by molar-refractivity contribution is 0.296. The van der Waals surface area contributed by atoms with E-state index in [0.717, 1.165) is 30.7 Å². The number of fused-ring (bicyclic) bond motifs is 1. The van der Waals surface area contributed by atoms with Gasteiger partial charge in [0.25, 0.3) is 0 Å². The first-order valence-electron chi connectivity index (χ1n) is 6.43. The second-order valence-corrected chi connectivity index (χ2v) is 4.52. The van der Waals surface area contributed by atoms with Crippen molar-refractivity contribution < 1.29 is 13.9 Å². The van der Waals surface area contributed by atoms with Crippen molar-refractivity contribution in [3.8, 4) is 11.5 Å². The predicted molar refractivity (Wildman–Crippen MR) is 69.2 cm³/mol. The average Bonchev–Trinajstić information content (AvgIpc) is 2.59. The van der Waals surface area contributed by atoms with Crippen LogP contribution in [0.4, 0.5) is 4.39 Å². The molecule has 0 spiro atoms. The summed E-state index contributed by atoms with van der Waals surface area (Å²) in [6.45, 7) is 3.66. The number of ether oxygens (including phenoxy) is 2. The van der Waals surface area contributed by atoms with Crippen molar-refractivity contribution in [2.75, 3.05) is 26.8 Å². The van der Waals surface area contributed by atoms with Crippen molar-refractivity contribution >= 4 is 0 Å². The first kappa shape index (κ1) is 13.1. The molecule has 1 heterocycles. The van der Waals surface area contributed by atoms with Gasteiger partial charge in [-0.1, -0.05) is 0 Å². The van der Waals surface area contributed by atoms with Crippen LogP contribution in [-0.4, -0.2) is 26.8 Å². The van der Waals surface area contributed by atoms with Crippen LogP contribution in [0.1, 0.15) is 30.6 Å². The fourth-order valence-corrected chi connectivity index (χ4v) is 2.11. The smallest absolute Gasteiger partial charge is 0.161 e. The van der Waals surface area contributed by atoms with E-state index in [1.54, 1.807) is 13.0 Å². The molecule has 3 nitrogen and oxygen atoms in total. The molecule has 18 heavy (non-hydrogen) atoms. The first-order valence-corrected chi connectivity index (χ1v) is 6.43. The van der Waals surface area contributed by atoms with Crippen molar-refractivity contribution in [3.63, 3.8) is 0 Å². The van der Waals surface area contributed by atoms with Crippen molar-refractivity contribution in [2.45, 2.75) is 25.9 Å². The van der Waals surface area contributed by atoms with E-state index in [1.807, 2.05) is 13.1 Å². The van der Waals surface area contributed by atoms with E-state index in [4.69, 9.17) is 9.47 Å². The number of alkyl halides is 1. The molecule has 1 aliphatic rings. The van der Waals surface area contributed by atoms with Gasteiger partial charge in [0, 0.05) is 6.42 Å². The standard InChI is InChI=1S/C14H20FNO2/c1-10(15)12-9-14-13(17-6-3-7-18-14)8-11(12)4-5-16-2/h8-10,16H,3-7H2,1-2H3. The molecule has 4 heteroatoms. The summed E-state index contributed by atoms with van der Waals surface area (Å²) in [6, 6.07) is 3.71. The largest absolute Gasteiger partial charge is 0.490 e. The zero-order chi connectivity index (χ0) is 13.0. The second-order valence-electron chi connectivity index (χ2n) is 4.52. The Morgan fingerprint density at radius 3 is 2.56 bits per heavy atom. The Kier molecular flexibility index (Phi) is 4.42. The zero-order valence-corrected chi connectivity index (χ0v) is 11.0. The molecule has 1 atom stereocenters. The highest BCUT2D eigenvalue weighted by atomic mass is 19.1. The molecular formula is C14H20FNO2. The fraction of sp³-hybridized carbons (Fsp3) is 0.571. The molecule has 1 aromatic rings. The predicted octanol–water partition coefficient (Wildman–Crippen LogP) is 2.64. The lowest BCUT2D eigenvalue weighted by Crippen LogP contribution is -2.12. The van der Waals surface area contributed by atoms with Gasteiger partial charge >= 0.3 is 0 Å². The van der Waals surface area contributed by atoms with Gasteiger partial charge in [-0.2, -0.15) is 0 Å². The summed E-state index contributed by atoms with van der Waals surface area (Å²) in [5.41, 5.74) is 1.69. The minimum atomic E-state index is -0.992. The number of benzene rings is 1. The molecule has 1 aromatic carbocycles. The summed E-state index contributed by atoms with van der Waals surface area (Å²) in [6.07, 6.45) is 0.659. The lowest BCUT2D eigenvalue weighted by atomic mass is 10.00. The van der Waals surface area contributed by atoms with Gasteiger partial charge in [-0.25, -0.2) is 4.39 Å². The molecule has 0 aromatic heterocycles. The van der Waals surface area contributed by atoms with Crippen LogP contribution in [0.5, 0.6) is 11.5 Å². The maximum atomic E-state index is 13.7. The number of halogens is 1. The molecule has 0 amide bonds. The molecule has 0 saturated heterocycles. The Morgan fingerprint density at radius 2 is 1.94 bits per heavy atom. The molecule has 0 aliphatic carbocycles. The highest BCUT2D eigenvalue weighted by molar-refractivity contribution is 5.48. The van der Waals surface area contributed by atoms with Gasteiger partial charge < -0.3 is 14.8 Å². The van der Waals surface area contributed by atoms with Crippen molar-refractivity contribution in [1.29, 1.82) is 0 Å². The van der Waals surface area contributed by atoms with E-state index in [0.29, 0.717) is 24.5 Å². The van der Waals surface area contributed by atoms with Gasteiger partial charge in [0.2, 0.25) is 0 Å². The Hall–Kier alpha value is -1.29. The molecule has 1 N–H and O–H groups in total. The second kappa shape index (κ2) is 6.05. The van der Waals surface area contributed by atoms with Gasteiger partial charge in [-0.3, -0.25) is 0 Å². The highest BCUT2D eigenvalue weighted by Gasteiger charge is 2.17. The number of likely N-dealkylation sites (N-methyl/N-ethyl adjacent to an activating group) is 1. The summed E-state index contributed by atoms with van der Waals surface area (Å²) < 4.78 is 24.9. The van der Waals surface area contributed by atoms with E-state index < -0.39 is 6.17 Å². The van der Waals surface area contributed by atoms with Crippen LogP contribution in [0.25, 0.3) is 0 Å². The maximum absolute atomic E-state index is 13.7. The summed E-state index contributed by atoms with van der Waals surface area (Å²) in [5.74, 6) is 1.41. The molecule has 0 bridgehead atoms. The highest BCUT2D eigenvalue weighted by Crippen LogP contribution is 2.36. The third-order valence-electron chi connectivity index (χ3n) is 3.08. The molecule has 0 saturated carbocycles. The van der Waals surface area contributed by atoms with Crippen LogP contribution in [0.15, 0.2) is 12.1 Å². The molecule has 0 radical (unpaired) electrons. The van der Waals surface area contributed by atoms with Crippen LogP contribution >= 0.6 is 0 Å². The number of rotatable bonds is 4. The molecular weight excluding hydrogens is 233 g/mol. The minimum Gasteiger partial charge on any atom is -0.490 e. The van der Waals surface area contributed by atoms with E-state index in [2.05, 4.69) is 5.32 Å². The molecule has 2 rings (SSSR count). The maximum Gasteiger partial charge on any atom is 0.161 e. The SMILES string of the molecule is CNCCc1cc2c(cc1C(C)F)OCCCO2. The van der Waals surface area contributed by atoms with Crippen LogP contribution in [0.3, 0.4) is 0 Å². The number of hydrogen-bond donors (Lipinski definition) is 1. The summed E-state index contributed by atoms with van der Waals surface area (Å²) in [5, 5.41) is 3.08. The van der Waals surface area contributed by atoms with Gasteiger partial charge in [0.05, 0.1) is 13.2 Å². The summed E-state index contributed by atoms with van der Waals surface area (Å²) in [4.78, 5) is 0. The third-order valence-corrected chi connectivity index (χ3v) is 3.08. The quantitative estimate of drug-likeness (QED) is 0.894. The van der Waals surface area contributed by atoms with E-state index >= 15 is 0 Å². The van der Waals surface area contributed by atoms with Gasteiger partial charge in [0.1, 0.15) is 6.17 Å². The Balaban J connectivity index is 2.34. The fourth-order valence-electron chi connectivity index (χ4n) is 2.11. The topological polar surface area (TPSA) is 30.5 Å². The average molecular weight is 253 g/mol. The number of hydrogen-bond acceptors (Lipinski definition) is 3. The molecule has 1 unspecified atom stereocenters. The third kappa shape index (κ3) is 2.93. The Labute approximate surface area is 107 Å². The normalized spacial score (nSPS) is 16.2. The Morgan fingerprint density at radius 1 is 1.28 bits per heavy atom. The van der Waals surface area contributed by atoms with Crippen molar-refractivity contribution in [1.82, 2.24) is 5.32 Å². The van der Waals surface area contributed by atoms with Crippen molar-refractivity contribution in [3.05, 3.63) is 23.3 Å². The summed E-state index contributed by atoms with van der Waals surface area (Å²) >= 11 is 0. The molecule has 0 fully saturated rings. The van der Waals surface area contributed by atoms with Crippen LogP contribution < -0.4 is 14.8 Å². The van der Waals surface area contributed by atoms with Crippen molar-refractivity contribution in [2.24, 2.45) is 0 Å². The van der Waals surface area contributed by atoms with E-state index in [-0.39, 0.29) is 0 Å².